The summed E-state index contributed by atoms with van der Waals surface area (Å²) in [6, 6.07) is 11.1. The first-order valence-corrected chi connectivity index (χ1v) is 8.90. The van der Waals surface area contributed by atoms with E-state index in [9.17, 15) is 4.79 Å². The van der Waals surface area contributed by atoms with Crippen LogP contribution in [0.15, 0.2) is 42.6 Å². The second-order valence-electron chi connectivity index (χ2n) is 6.48. The molecule has 2 amide bonds. The number of nitrogens with one attached hydrogen (secondary N) is 3. The molecule has 3 aromatic rings. The first-order chi connectivity index (χ1) is 13.2. The second kappa shape index (κ2) is 7.63. The summed E-state index contributed by atoms with van der Waals surface area (Å²) in [5, 5.41) is 13.5. The van der Waals surface area contributed by atoms with Crippen LogP contribution in [0.25, 0.3) is 10.9 Å². The Hall–Kier alpha value is -3.13. The molecule has 0 bridgehead atoms. The lowest BCUT2D eigenvalue weighted by atomic mass is 10.1. The van der Waals surface area contributed by atoms with Crippen LogP contribution in [0, 0.1) is 0 Å². The lowest BCUT2D eigenvalue weighted by Crippen LogP contribution is -2.31. The summed E-state index contributed by atoms with van der Waals surface area (Å²) in [6.45, 7) is 3.20. The van der Waals surface area contributed by atoms with E-state index in [1.165, 1.54) is 0 Å². The number of urea groups is 1. The molecule has 1 aliphatic heterocycles. The zero-order chi connectivity index (χ0) is 18.6. The van der Waals surface area contributed by atoms with E-state index in [0.717, 1.165) is 22.9 Å². The van der Waals surface area contributed by atoms with Crippen LogP contribution in [0.4, 0.5) is 10.6 Å². The van der Waals surface area contributed by atoms with Crippen molar-refractivity contribution in [1.29, 1.82) is 0 Å². The van der Waals surface area contributed by atoms with Gasteiger partial charge in [0.1, 0.15) is 11.9 Å². The molecule has 1 saturated heterocycles. The SMILES string of the molecule is C[C@@H](NC(=O)Nc1cc2[nH]nc(OC3CCOC3)c2cn1)c1ccccc1. The number of carbonyl (C=O) groups excluding carboxylic acids is 1. The Morgan fingerprint density at radius 1 is 1.37 bits per heavy atom. The number of benzene rings is 1. The van der Waals surface area contributed by atoms with Crippen LogP contribution in [-0.2, 0) is 4.74 Å². The van der Waals surface area contributed by atoms with Gasteiger partial charge >= 0.3 is 6.03 Å². The van der Waals surface area contributed by atoms with Gasteiger partial charge in [0.25, 0.3) is 0 Å². The van der Waals surface area contributed by atoms with E-state index in [1.54, 1.807) is 12.3 Å². The molecule has 1 aromatic carbocycles. The molecule has 8 heteroatoms. The van der Waals surface area contributed by atoms with Crippen molar-refractivity contribution in [2.75, 3.05) is 18.5 Å². The molecule has 2 aromatic heterocycles. The third-order valence-electron chi connectivity index (χ3n) is 4.47. The molecule has 0 radical (unpaired) electrons. The lowest BCUT2D eigenvalue weighted by molar-refractivity contribution is 0.139. The van der Waals surface area contributed by atoms with E-state index in [1.807, 2.05) is 37.3 Å². The van der Waals surface area contributed by atoms with E-state index in [2.05, 4.69) is 25.8 Å². The molecule has 3 N–H and O–H groups in total. The first-order valence-electron chi connectivity index (χ1n) is 8.90. The highest BCUT2D eigenvalue weighted by Gasteiger charge is 2.20. The Labute approximate surface area is 156 Å². The Balaban J connectivity index is 1.41. The third-order valence-corrected chi connectivity index (χ3v) is 4.47. The van der Waals surface area contributed by atoms with Crippen LogP contribution in [-0.4, -0.2) is 40.5 Å². The number of fused-ring (bicyclic) bond motifs is 1. The molecule has 1 unspecified atom stereocenters. The van der Waals surface area contributed by atoms with Gasteiger partial charge in [-0.2, -0.15) is 0 Å². The van der Waals surface area contributed by atoms with Gasteiger partial charge in [0, 0.05) is 18.7 Å². The van der Waals surface area contributed by atoms with Crippen molar-refractivity contribution in [1.82, 2.24) is 20.5 Å². The van der Waals surface area contributed by atoms with Crippen LogP contribution in [0.1, 0.15) is 24.9 Å². The average Bonchev–Trinajstić information content (AvgIpc) is 3.33. The lowest BCUT2D eigenvalue weighted by Gasteiger charge is -2.14. The predicted octanol–water partition coefficient (Wildman–Crippen LogP) is 3.01. The highest BCUT2D eigenvalue weighted by atomic mass is 16.5. The number of nitrogens with zero attached hydrogens (tertiary/aromatic N) is 2. The summed E-state index contributed by atoms with van der Waals surface area (Å²) in [5.41, 5.74) is 1.77. The van der Waals surface area contributed by atoms with Crippen LogP contribution in [0.3, 0.4) is 0 Å². The highest BCUT2D eigenvalue weighted by Crippen LogP contribution is 2.25. The van der Waals surface area contributed by atoms with Gasteiger partial charge in [-0.3, -0.25) is 10.4 Å². The Kier molecular flexibility index (Phi) is 4.88. The fourth-order valence-electron chi connectivity index (χ4n) is 2.99. The summed E-state index contributed by atoms with van der Waals surface area (Å²) < 4.78 is 11.2. The van der Waals surface area contributed by atoms with Crippen molar-refractivity contribution in [2.45, 2.75) is 25.5 Å². The van der Waals surface area contributed by atoms with E-state index in [4.69, 9.17) is 9.47 Å². The number of rotatable bonds is 5. The molecule has 4 rings (SSSR count). The van der Waals surface area contributed by atoms with Gasteiger partial charge in [0.15, 0.2) is 0 Å². The Bertz CT molecular complexity index is 921. The topological polar surface area (TPSA) is 101 Å². The quantitative estimate of drug-likeness (QED) is 0.643. The Morgan fingerprint density at radius 2 is 2.22 bits per heavy atom. The third kappa shape index (κ3) is 4.01. The maximum atomic E-state index is 12.2. The number of amides is 2. The van der Waals surface area contributed by atoms with Crippen molar-refractivity contribution in [2.24, 2.45) is 0 Å². The summed E-state index contributed by atoms with van der Waals surface area (Å²) in [7, 11) is 0. The summed E-state index contributed by atoms with van der Waals surface area (Å²) in [5.74, 6) is 0.932. The maximum absolute atomic E-state index is 12.2. The molecule has 140 valence electrons. The molecule has 8 nitrogen and oxygen atoms in total. The van der Waals surface area contributed by atoms with Gasteiger partial charge in [-0.1, -0.05) is 30.3 Å². The molecular weight excluding hydrogens is 346 g/mol. The number of anilines is 1. The smallest absolute Gasteiger partial charge is 0.320 e. The van der Waals surface area contributed by atoms with E-state index in [0.29, 0.717) is 24.9 Å². The van der Waals surface area contributed by atoms with E-state index < -0.39 is 0 Å². The van der Waals surface area contributed by atoms with Gasteiger partial charge < -0.3 is 14.8 Å². The first kappa shape index (κ1) is 17.3. The molecule has 0 spiro atoms. The van der Waals surface area contributed by atoms with Crippen molar-refractivity contribution in [3.05, 3.63) is 48.2 Å². The number of H-pyrrole nitrogens is 1. The molecular formula is C19H21N5O3. The number of carbonyl (C=O) groups is 1. The summed E-state index contributed by atoms with van der Waals surface area (Å²) in [6.07, 6.45) is 2.50. The van der Waals surface area contributed by atoms with Gasteiger partial charge in [0.2, 0.25) is 5.88 Å². The van der Waals surface area contributed by atoms with Gasteiger partial charge in [-0.25, -0.2) is 9.78 Å². The molecule has 3 heterocycles. The monoisotopic (exact) mass is 367 g/mol. The molecule has 0 saturated carbocycles. The molecule has 1 aliphatic rings. The predicted molar refractivity (Wildman–Crippen MR) is 101 cm³/mol. The van der Waals surface area contributed by atoms with Crippen LogP contribution >= 0.6 is 0 Å². The fourth-order valence-corrected chi connectivity index (χ4v) is 2.99. The molecule has 0 aliphatic carbocycles. The summed E-state index contributed by atoms with van der Waals surface area (Å²) >= 11 is 0. The van der Waals surface area contributed by atoms with E-state index in [-0.39, 0.29) is 18.2 Å². The van der Waals surface area contributed by atoms with Gasteiger partial charge in [-0.05, 0) is 12.5 Å². The minimum Gasteiger partial charge on any atom is -0.470 e. The summed E-state index contributed by atoms with van der Waals surface area (Å²) in [4.78, 5) is 16.5. The number of hydrogen-bond donors (Lipinski definition) is 3. The maximum Gasteiger partial charge on any atom is 0.320 e. The number of aromatic nitrogens is 3. The van der Waals surface area contributed by atoms with Crippen molar-refractivity contribution < 1.29 is 14.3 Å². The molecule has 27 heavy (non-hydrogen) atoms. The fraction of sp³-hybridized carbons (Fsp3) is 0.316. The van der Waals surface area contributed by atoms with Crippen molar-refractivity contribution in [3.8, 4) is 5.88 Å². The van der Waals surface area contributed by atoms with E-state index >= 15 is 0 Å². The van der Waals surface area contributed by atoms with Crippen LogP contribution in [0.2, 0.25) is 0 Å². The number of aromatic amines is 1. The highest BCUT2D eigenvalue weighted by molar-refractivity contribution is 5.92. The van der Waals surface area contributed by atoms with Crippen molar-refractivity contribution >= 4 is 22.8 Å². The average molecular weight is 367 g/mol. The zero-order valence-corrected chi connectivity index (χ0v) is 14.9. The number of hydrogen-bond acceptors (Lipinski definition) is 5. The van der Waals surface area contributed by atoms with Crippen LogP contribution in [0.5, 0.6) is 5.88 Å². The number of pyridine rings is 1. The van der Waals surface area contributed by atoms with Gasteiger partial charge in [0.05, 0.1) is 30.2 Å². The van der Waals surface area contributed by atoms with Crippen LogP contribution < -0.4 is 15.4 Å². The largest absolute Gasteiger partial charge is 0.470 e. The minimum atomic E-state index is -0.322. The Morgan fingerprint density at radius 3 is 3.00 bits per heavy atom. The van der Waals surface area contributed by atoms with Crippen molar-refractivity contribution in [3.63, 3.8) is 0 Å². The molecule has 1 fully saturated rings. The van der Waals surface area contributed by atoms with Gasteiger partial charge in [-0.15, -0.1) is 5.10 Å². The number of ether oxygens (including phenoxy) is 2. The molecule has 2 atom stereocenters. The zero-order valence-electron chi connectivity index (χ0n) is 14.9. The second-order valence-corrected chi connectivity index (χ2v) is 6.48. The normalized spacial score (nSPS) is 17.6. The standard InChI is InChI=1S/C19H21N5O3/c1-12(13-5-3-2-4-6-13)21-19(25)22-17-9-16-15(10-20-17)18(24-23-16)27-14-7-8-26-11-14/h2-6,9-10,12,14H,7-8,11H2,1H3,(H,23,24)(H2,20,21,22,25)/t12-,14?/m1/s1. The minimum absolute atomic E-state index is 0.0135.